The molecule has 0 aromatic carbocycles. The summed E-state index contributed by atoms with van der Waals surface area (Å²) in [5.74, 6) is 0. The van der Waals surface area contributed by atoms with E-state index in [1.54, 1.807) is 96.3 Å². The monoisotopic (exact) mass is 477 g/mol. The predicted octanol–water partition coefficient (Wildman–Crippen LogP) is 8.27. The van der Waals surface area contributed by atoms with Crippen LogP contribution < -0.4 is 0 Å². The summed E-state index contributed by atoms with van der Waals surface area (Å²) in [7, 11) is 4.44. The fraction of sp³-hybridized carbons (Fsp3) is 0.909. The first-order chi connectivity index (χ1) is 12.4. The third kappa shape index (κ3) is 9.24. The quantitative estimate of drug-likeness (QED) is 0.218. The summed E-state index contributed by atoms with van der Waals surface area (Å²) in [6, 6.07) is 0. The van der Waals surface area contributed by atoms with Gasteiger partial charge in [-0.15, -0.1) is 0 Å². The Morgan fingerprint density at radius 2 is 0.920 bits per heavy atom. The third-order valence-corrected chi connectivity index (χ3v) is 11.1. The molecule has 0 aromatic heterocycles. The van der Waals surface area contributed by atoms with Crippen LogP contribution in [0.3, 0.4) is 0 Å². The molecule has 0 amide bonds. The molecule has 3 rings (SSSR count). The fourth-order valence-corrected chi connectivity index (χ4v) is 10.5. The second kappa shape index (κ2) is 16.1. The summed E-state index contributed by atoms with van der Waals surface area (Å²) in [6.07, 6.45) is 28.5. The molecular formula is C22H41ClPPd+. The summed E-state index contributed by atoms with van der Waals surface area (Å²) in [6.45, 7) is 3.82. The van der Waals surface area contributed by atoms with Crippen molar-refractivity contribution in [2.24, 2.45) is 0 Å². The van der Waals surface area contributed by atoms with Crippen LogP contribution in [0.2, 0.25) is 0 Å². The number of hydrogen-bond acceptors (Lipinski definition) is 0. The molecule has 150 valence electrons. The molecule has 0 spiro atoms. The Morgan fingerprint density at radius 3 is 1.12 bits per heavy atom. The molecule has 0 radical (unpaired) electrons. The summed E-state index contributed by atoms with van der Waals surface area (Å²) >= 11 is 2.22. The minimum absolute atomic E-state index is 0.0465. The zero-order valence-electron chi connectivity index (χ0n) is 16.6. The normalized spacial score (nSPS) is 23.8. The van der Waals surface area contributed by atoms with Gasteiger partial charge in [0.1, 0.15) is 0 Å². The van der Waals surface area contributed by atoms with Crippen LogP contribution in [0, 0.1) is 6.08 Å². The van der Waals surface area contributed by atoms with Gasteiger partial charge in [0.05, 0.1) is 17.0 Å². The minimum atomic E-state index is -0.0465. The van der Waals surface area contributed by atoms with E-state index >= 15 is 0 Å². The van der Waals surface area contributed by atoms with Crippen LogP contribution in [-0.4, -0.2) is 17.0 Å². The average Bonchev–Trinajstić information content (AvgIpc) is 2.72. The fourth-order valence-electron chi connectivity index (χ4n) is 5.31. The van der Waals surface area contributed by atoms with Crippen LogP contribution in [-0.2, 0) is 18.2 Å². The van der Waals surface area contributed by atoms with Crippen molar-refractivity contribution >= 4 is 17.5 Å². The molecule has 3 saturated carbocycles. The molecule has 0 saturated heterocycles. The molecule has 3 aliphatic rings. The van der Waals surface area contributed by atoms with Crippen LogP contribution in [0.5, 0.6) is 0 Å². The molecule has 3 aliphatic carbocycles. The molecule has 0 aromatic rings. The first kappa shape index (κ1) is 24.2. The molecule has 3 fully saturated rings. The van der Waals surface area contributed by atoms with Crippen molar-refractivity contribution in [3.63, 3.8) is 0 Å². The molecule has 0 N–H and O–H groups in total. The van der Waals surface area contributed by atoms with E-state index in [2.05, 4.69) is 33.8 Å². The van der Waals surface area contributed by atoms with E-state index in [0.717, 1.165) is 0 Å². The Balaban J connectivity index is 0.000000461. The van der Waals surface area contributed by atoms with Gasteiger partial charge in [0.25, 0.3) is 0 Å². The summed E-state index contributed by atoms with van der Waals surface area (Å²) in [5.41, 5.74) is 3.68. The van der Waals surface area contributed by atoms with Crippen molar-refractivity contribution in [3.8, 4) is 0 Å². The van der Waals surface area contributed by atoms with Gasteiger partial charge in [0.2, 0.25) is 0 Å². The summed E-state index contributed by atoms with van der Waals surface area (Å²) in [4.78, 5) is 0. The maximum atomic E-state index is 4.49. The van der Waals surface area contributed by atoms with Gasteiger partial charge in [-0.05, 0) is 77.0 Å². The Bertz CT molecular complexity index is 269. The molecule has 0 aliphatic heterocycles. The topological polar surface area (TPSA) is 0 Å². The first-order valence-electron chi connectivity index (χ1n) is 10.8. The van der Waals surface area contributed by atoms with E-state index in [1.807, 2.05) is 19.9 Å². The van der Waals surface area contributed by atoms with Gasteiger partial charge < -0.3 is 6.08 Å². The third-order valence-electron chi connectivity index (χ3n) is 6.52. The molecule has 0 unspecified atom stereocenters. The van der Waals surface area contributed by atoms with Crippen LogP contribution in [0.15, 0.2) is 6.08 Å². The maximum absolute atomic E-state index is 4.49. The van der Waals surface area contributed by atoms with Crippen LogP contribution in [0.4, 0.5) is 0 Å². The second-order valence-corrected chi connectivity index (χ2v) is 11.5. The van der Waals surface area contributed by atoms with Gasteiger partial charge in [-0.3, -0.25) is 6.08 Å². The van der Waals surface area contributed by atoms with Crippen molar-refractivity contribution in [2.75, 3.05) is 0 Å². The van der Waals surface area contributed by atoms with E-state index in [4.69, 9.17) is 0 Å². The Morgan fingerprint density at radius 1 is 0.680 bits per heavy atom. The van der Waals surface area contributed by atoms with Gasteiger partial charge in [0, 0.05) is 7.92 Å². The average molecular weight is 478 g/mol. The Labute approximate surface area is 174 Å². The van der Waals surface area contributed by atoms with Gasteiger partial charge in [-0.2, -0.15) is 6.92 Å². The van der Waals surface area contributed by atoms with Crippen LogP contribution in [0.1, 0.15) is 110 Å². The molecule has 0 bridgehead atoms. The van der Waals surface area contributed by atoms with Gasteiger partial charge in [-0.1, -0.05) is 26.2 Å². The van der Waals surface area contributed by atoms with Crippen LogP contribution in [0.25, 0.3) is 0 Å². The predicted molar refractivity (Wildman–Crippen MR) is 114 cm³/mol. The molecule has 0 nitrogen and oxygen atoms in total. The molecular weight excluding hydrogens is 437 g/mol. The number of halogens is 1. The zero-order chi connectivity index (χ0) is 18.3. The SMILES string of the molecule is C1CCC([PH+](C2CCCCC2)C2CCCCC2)CC1.C[C-]=CC.[Cl][Pd+]. The molecule has 25 heavy (non-hydrogen) atoms. The second-order valence-electron chi connectivity index (χ2n) is 8.08. The van der Waals surface area contributed by atoms with Crippen molar-refractivity contribution in [3.05, 3.63) is 12.2 Å². The number of rotatable bonds is 3. The molecule has 0 atom stereocenters. The van der Waals surface area contributed by atoms with Gasteiger partial charge in [-0.25, -0.2) is 0 Å². The summed E-state index contributed by atoms with van der Waals surface area (Å²) in [5, 5.41) is 0. The van der Waals surface area contributed by atoms with Crippen molar-refractivity contribution in [1.29, 1.82) is 0 Å². The van der Waals surface area contributed by atoms with Crippen molar-refractivity contribution in [2.45, 2.75) is 127 Å². The summed E-state index contributed by atoms with van der Waals surface area (Å²) < 4.78 is 0. The van der Waals surface area contributed by atoms with Crippen molar-refractivity contribution in [1.82, 2.24) is 0 Å². The van der Waals surface area contributed by atoms with Gasteiger partial charge in [0.15, 0.2) is 0 Å². The van der Waals surface area contributed by atoms with E-state index in [0.29, 0.717) is 0 Å². The Hall–Kier alpha value is 1.12. The van der Waals surface area contributed by atoms with Crippen LogP contribution >= 0.6 is 17.5 Å². The number of allylic oxidation sites excluding steroid dienone is 2. The first-order valence-corrected chi connectivity index (χ1v) is 14.5. The standard InChI is InChI=1S/C18H33P.C4H7.ClH.Pd/c1-4-10-16(11-5-1)19(17-12-6-2-7-13-17)18-14-8-3-9-15-18;1-3-4-2;;/h16-18H,1-15H2;3H,1-2H3;1H;/q;-1;;+2. The van der Waals surface area contributed by atoms with E-state index in [9.17, 15) is 0 Å². The van der Waals surface area contributed by atoms with Gasteiger partial charge >= 0.3 is 27.7 Å². The molecule has 0 heterocycles. The zero-order valence-corrected chi connectivity index (χ0v) is 19.9. The van der Waals surface area contributed by atoms with Crippen molar-refractivity contribution < 1.29 is 18.2 Å². The number of hydrogen-bond donors (Lipinski definition) is 0. The molecule has 3 heteroatoms. The van der Waals surface area contributed by atoms with E-state index in [-0.39, 0.29) is 7.92 Å². The van der Waals surface area contributed by atoms with E-state index in [1.165, 1.54) is 17.0 Å². The Kier molecular flexibility index (Phi) is 15.6. The van der Waals surface area contributed by atoms with E-state index < -0.39 is 0 Å².